The maximum Gasteiger partial charge on any atom is 0.0220 e. The Morgan fingerprint density at radius 1 is 1.18 bits per heavy atom. The molecule has 0 amide bonds. The Hall–Kier alpha value is -0.0800. The molecule has 1 heterocycles. The van der Waals surface area contributed by atoms with Crippen molar-refractivity contribution in [2.24, 2.45) is 5.92 Å². The smallest absolute Gasteiger partial charge is 0.0220 e. The van der Waals surface area contributed by atoms with E-state index in [0.717, 1.165) is 18.0 Å². The van der Waals surface area contributed by atoms with E-state index in [1.807, 2.05) is 0 Å². The molecule has 2 unspecified atom stereocenters. The first-order valence-corrected chi connectivity index (χ1v) is 7.78. The maximum atomic E-state index is 3.76. The number of nitrogens with one attached hydrogen (secondary N) is 1. The fourth-order valence-corrected chi connectivity index (χ4v) is 3.42. The van der Waals surface area contributed by atoms with Gasteiger partial charge in [-0.3, -0.25) is 4.90 Å². The maximum absolute atomic E-state index is 3.76. The lowest BCUT2D eigenvalue weighted by molar-refractivity contribution is 0.143. The molecule has 0 radical (unpaired) electrons. The SMILES string of the molecule is CCC(C)C1CN(C2CCCCC2)CCCN1. The van der Waals surface area contributed by atoms with Gasteiger partial charge in [0.15, 0.2) is 0 Å². The molecule has 0 aromatic rings. The van der Waals surface area contributed by atoms with E-state index in [2.05, 4.69) is 24.1 Å². The van der Waals surface area contributed by atoms with Crippen molar-refractivity contribution < 1.29 is 0 Å². The Morgan fingerprint density at radius 2 is 1.94 bits per heavy atom. The number of hydrogen-bond acceptors (Lipinski definition) is 2. The van der Waals surface area contributed by atoms with Crippen LogP contribution in [0.1, 0.15) is 58.8 Å². The van der Waals surface area contributed by atoms with Crippen LogP contribution in [0.3, 0.4) is 0 Å². The van der Waals surface area contributed by atoms with Gasteiger partial charge in [0.25, 0.3) is 0 Å². The van der Waals surface area contributed by atoms with Gasteiger partial charge < -0.3 is 5.32 Å². The summed E-state index contributed by atoms with van der Waals surface area (Å²) >= 11 is 0. The molecule has 0 spiro atoms. The highest BCUT2D eigenvalue weighted by molar-refractivity contribution is 4.85. The second kappa shape index (κ2) is 6.75. The molecular weight excluding hydrogens is 208 g/mol. The summed E-state index contributed by atoms with van der Waals surface area (Å²) in [6.45, 7) is 8.56. The van der Waals surface area contributed by atoms with E-state index < -0.39 is 0 Å². The van der Waals surface area contributed by atoms with Crippen LogP contribution in [-0.4, -0.2) is 36.6 Å². The van der Waals surface area contributed by atoms with Crippen molar-refractivity contribution in [3.63, 3.8) is 0 Å². The minimum Gasteiger partial charge on any atom is -0.312 e. The lowest BCUT2D eigenvalue weighted by atomic mass is 9.92. The van der Waals surface area contributed by atoms with E-state index in [0.29, 0.717) is 0 Å². The fraction of sp³-hybridized carbons (Fsp3) is 1.00. The Bertz CT molecular complexity index is 211. The van der Waals surface area contributed by atoms with Crippen molar-refractivity contribution in [2.75, 3.05) is 19.6 Å². The third kappa shape index (κ3) is 3.69. The molecule has 1 saturated carbocycles. The first-order chi connectivity index (χ1) is 8.31. The van der Waals surface area contributed by atoms with Gasteiger partial charge >= 0.3 is 0 Å². The van der Waals surface area contributed by atoms with E-state index in [-0.39, 0.29) is 0 Å². The first kappa shape index (κ1) is 13.4. The van der Waals surface area contributed by atoms with E-state index in [1.54, 1.807) is 0 Å². The largest absolute Gasteiger partial charge is 0.312 e. The molecule has 17 heavy (non-hydrogen) atoms. The van der Waals surface area contributed by atoms with Crippen molar-refractivity contribution >= 4 is 0 Å². The molecule has 2 heteroatoms. The Balaban J connectivity index is 1.91. The minimum atomic E-state index is 0.726. The van der Waals surface area contributed by atoms with Crippen LogP contribution in [0.25, 0.3) is 0 Å². The molecule has 2 nitrogen and oxygen atoms in total. The average molecular weight is 238 g/mol. The molecule has 2 rings (SSSR count). The Kier molecular flexibility index (Phi) is 5.30. The molecule has 0 aromatic heterocycles. The van der Waals surface area contributed by atoms with E-state index in [9.17, 15) is 0 Å². The Morgan fingerprint density at radius 3 is 2.65 bits per heavy atom. The predicted molar refractivity (Wildman–Crippen MR) is 74.3 cm³/mol. The molecule has 0 bridgehead atoms. The van der Waals surface area contributed by atoms with Crippen molar-refractivity contribution in [2.45, 2.75) is 70.9 Å². The fourth-order valence-electron chi connectivity index (χ4n) is 3.42. The van der Waals surface area contributed by atoms with Gasteiger partial charge in [0.1, 0.15) is 0 Å². The van der Waals surface area contributed by atoms with Crippen molar-refractivity contribution in [1.82, 2.24) is 10.2 Å². The van der Waals surface area contributed by atoms with E-state index in [1.165, 1.54) is 64.6 Å². The summed E-state index contributed by atoms with van der Waals surface area (Å²) in [6, 6.07) is 1.62. The summed E-state index contributed by atoms with van der Waals surface area (Å²) in [4.78, 5) is 2.80. The van der Waals surface area contributed by atoms with Crippen molar-refractivity contribution in [3.8, 4) is 0 Å². The first-order valence-electron chi connectivity index (χ1n) is 7.78. The highest BCUT2D eigenvalue weighted by Crippen LogP contribution is 2.24. The van der Waals surface area contributed by atoms with Gasteiger partial charge in [0.2, 0.25) is 0 Å². The molecule has 1 N–H and O–H groups in total. The Labute approximate surface area is 107 Å². The van der Waals surface area contributed by atoms with E-state index >= 15 is 0 Å². The van der Waals surface area contributed by atoms with Crippen LogP contribution in [0.5, 0.6) is 0 Å². The van der Waals surface area contributed by atoms with Crippen LogP contribution in [0, 0.1) is 5.92 Å². The zero-order valence-electron chi connectivity index (χ0n) is 11.8. The number of hydrogen-bond donors (Lipinski definition) is 1. The quantitative estimate of drug-likeness (QED) is 0.813. The molecule has 2 aliphatic rings. The van der Waals surface area contributed by atoms with Gasteiger partial charge in [-0.25, -0.2) is 0 Å². The van der Waals surface area contributed by atoms with Gasteiger partial charge in [-0.05, 0) is 38.3 Å². The number of rotatable bonds is 3. The molecule has 2 atom stereocenters. The van der Waals surface area contributed by atoms with Gasteiger partial charge in [0, 0.05) is 18.6 Å². The topological polar surface area (TPSA) is 15.3 Å². The van der Waals surface area contributed by atoms with Gasteiger partial charge in [0.05, 0.1) is 0 Å². The molecule has 1 aliphatic carbocycles. The summed E-state index contributed by atoms with van der Waals surface area (Å²) < 4.78 is 0. The molecule has 1 saturated heterocycles. The van der Waals surface area contributed by atoms with Gasteiger partial charge in [-0.2, -0.15) is 0 Å². The van der Waals surface area contributed by atoms with Crippen LogP contribution in [-0.2, 0) is 0 Å². The third-order valence-corrected chi connectivity index (χ3v) is 4.88. The summed E-state index contributed by atoms with van der Waals surface area (Å²) in [5, 5.41) is 3.76. The standard InChI is InChI=1S/C15H30N2/c1-3-13(2)15-12-17(11-7-10-16-15)14-8-5-4-6-9-14/h13-16H,3-12H2,1-2H3. The van der Waals surface area contributed by atoms with Crippen LogP contribution in [0.2, 0.25) is 0 Å². The van der Waals surface area contributed by atoms with Crippen LogP contribution >= 0.6 is 0 Å². The van der Waals surface area contributed by atoms with Crippen LogP contribution < -0.4 is 5.32 Å². The monoisotopic (exact) mass is 238 g/mol. The van der Waals surface area contributed by atoms with Gasteiger partial charge in [-0.1, -0.05) is 39.5 Å². The molecule has 1 aliphatic heterocycles. The highest BCUT2D eigenvalue weighted by Gasteiger charge is 2.27. The molecule has 100 valence electrons. The van der Waals surface area contributed by atoms with Crippen molar-refractivity contribution in [3.05, 3.63) is 0 Å². The highest BCUT2D eigenvalue weighted by atomic mass is 15.2. The average Bonchev–Trinajstić information content (AvgIpc) is 2.64. The summed E-state index contributed by atoms with van der Waals surface area (Å²) in [5.74, 6) is 0.819. The lowest BCUT2D eigenvalue weighted by Crippen LogP contribution is -2.46. The molecular formula is C15H30N2. The second-order valence-corrected chi connectivity index (χ2v) is 6.09. The van der Waals surface area contributed by atoms with E-state index in [4.69, 9.17) is 0 Å². The summed E-state index contributed by atoms with van der Waals surface area (Å²) in [6.07, 6.45) is 9.93. The minimum absolute atomic E-state index is 0.726. The summed E-state index contributed by atoms with van der Waals surface area (Å²) in [7, 11) is 0. The molecule has 2 fully saturated rings. The van der Waals surface area contributed by atoms with Crippen LogP contribution in [0.15, 0.2) is 0 Å². The summed E-state index contributed by atoms with van der Waals surface area (Å²) in [5.41, 5.74) is 0. The normalized spacial score (nSPS) is 31.1. The number of nitrogens with zero attached hydrogens (tertiary/aromatic N) is 1. The predicted octanol–water partition coefficient (Wildman–Crippen LogP) is 3.03. The third-order valence-electron chi connectivity index (χ3n) is 4.88. The van der Waals surface area contributed by atoms with Crippen molar-refractivity contribution in [1.29, 1.82) is 0 Å². The second-order valence-electron chi connectivity index (χ2n) is 6.09. The zero-order valence-corrected chi connectivity index (χ0v) is 11.8. The van der Waals surface area contributed by atoms with Crippen LogP contribution in [0.4, 0.5) is 0 Å². The zero-order chi connectivity index (χ0) is 12.1. The van der Waals surface area contributed by atoms with Gasteiger partial charge in [-0.15, -0.1) is 0 Å². The lowest BCUT2D eigenvalue weighted by Gasteiger charge is -2.36. The molecule has 0 aromatic carbocycles.